The molecule has 0 heterocycles. The SMILES string of the molecule is CC(O)CCC(NC=O)C(=O)O. The third kappa shape index (κ3) is 4.68. The molecule has 5 nitrogen and oxygen atoms in total. The number of rotatable bonds is 6. The number of hydrogen-bond donors (Lipinski definition) is 3. The van der Waals surface area contributed by atoms with Gasteiger partial charge in [0.1, 0.15) is 6.04 Å². The van der Waals surface area contributed by atoms with Gasteiger partial charge in [0.2, 0.25) is 6.41 Å². The van der Waals surface area contributed by atoms with Crippen molar-refractivity contribution in [1.82, 2.24) is 5.32 Å². The molecule has 0 aromatic heterocycles. The van der Waals surface area contributed by atoms with Crippen molar-refractivity contribution in [2.75, 3.05) is 0 Å². The van der Waals surface area contributed by atoms with E-state index in [1.54, 1.807) is 6.92 Å². The van der Waals surface area contributed by atoms with Crippen LogP contribution in [0.3, 0.4) is 0 Å². The fourth-order valence-corrected chi connectivity index (χ4v) is 0.768. The molecule has 0 aliphatic rings. The number of aliphatic hydroxyl groups is 1. The third-order valence-electron chi connectivity index (χ3n) is 1.44. The number of aliphatic carboxylic acids is 1. The maximum atomic E-state index is 10.4. The molecule has 0 saturated heterocycles. The number of amides is 1. The van der Waals surface area contributed by atoms with Crippen LogP contribution in [0.25, 0.3) is 0 Å². The van der Waals surface area contributed by atoms with Crippen LogP contribution in [-0.2, 0) is 9.59 Å². The topological polar surface area (TPSA) is 86.6 Å². The van der Waals surface area contributed by atoms with Gasteiger partial charge in [0.05, 0.1) is 6.10 Å². The van der Waals surface area contributed by atoms with Gasteiger partial charge in [-0.1, -0.05) is 0 Å². The summed E-state index contributed by atoms with van der Waals surface area (Å²) in [6, 6.07) is -0.892. The highest BCUT2D eigenvalue weighted by Crippen LogP contribution is 2.00. The molecule has 0 fully saturated rings. The summed E-state index contributed by atoms with van der Waals surface area (Å²) in [4.78, 5) is 20.3. The van der Waals surface area contributed by atoms with Crippen molar-refractivity contribution >= 4 is 12.4 Å². The van der Waals surface area contributed by atoms with Gasteiger partial charge in [-0.15, -0.1) is 0 Å². The van der Waals surface area contributed by atoms with Crippen molar-refractivity contribution in [2.24, 2.45) is 0 Å². The van der Waals surface area contributed by atoms with E-state index in [1.165, 1.54) is 0 Å². The van der Waals surface area contributed by atoms with Crippen LogP contribution >= 0.6 is 0 Å². The van der Waals surface area contributed by atoms with Gasteiger partial charge in [-0.2, -0.15) is 0 Å². The number of carboxylic acids is 1. The quantitative estimate of drug-likeness (QED) is 0.468. The Bertz CT molecular complexity index is 157. The minimum Gasteiger partial charge on any atom is -0.480 e. The largest absolute Gasteiger partial charge is 0.480 e. The van der Waals surface area contributed by atoms with Gasteiger partial charge in [0, 0.05) is 0 Å². The van der Waals surface area contributed by atoms with Crippen LogP contribution < -0.4 is 5.32 Å². The average molecular weight is 175 g/mol. The van der Waals surface area contributed by atoms with E-state index in [0.29, 0.717) is 12.8 Å². The molecular formula is C7H13NO4. The number of nitrogens with one attached hydrogen (secondary N) is 1. The van der Waals surface area contributed by atoms with Gasteiger partial charge in [0.15, 0.2) is 0 Å². The van der Waals surface area contributed by atoms with Crippen molar-refractivity contribution in [2.45, 2.75) is 31.9 Å². The Morgan fingerprint density at radius 1 is 1.58 bits per heavy atom. The summed E-state index contributed by atoms with van der Waals surface area (Å²) >= 11 is 0. The third-order valence-corrected chi connectivity index (χ3v) is 1.44. The number of carboxylic acid groups (broad SMARTS) is 1. The van der Waals surface area contributed by atoms with Gasteiger partial charge in [-0.05, 0) is 19.8 Å². The van der Waals surface area contributed by atoms with Gasteiger partial charge < -0.3 is 15.5 Å². The summed E-state index contributed by atoms with van der Waals surface area (Å²) in [5.41, 5.74) is 0. The molecule has 5 heteroatoms. The maximum Gasteiger partial charge on any atom is 0.326 e. The van der Waals surface area contributed by atoms with Crippen LogP contribution in [0.1, 0.15) is 19.8 Å². The summed E-state index contributed by atoms with van der Waals surface area (Å²) in [7, 11) is 0. The van der Waals surface area contributed by atoms with Crippen LogP contribution in [0.5, 0.6) is 0 Å². The Hall–Kier alpha value is -1.10. The first-order valence-electron chi connectivity index (χ1n) is 3.68. The molecular weight excluding hydrogens is 162 g/mol. The minimum absolute atomic E-state index is 0.242. The zero-order valence-corrected chi connectivity index (χ0v) is 6.86. The Labute approximate surface area is 70.4 Å². The molecule has 0 spiro atoms. The summed E-state index contributed by atoms with van der Waals surface area (Å²) in [5, 5.41) is 19.5. The Balaban J connectivity index is 3.78. The highest BCUT2D eigenvalue weighted by atomic mass is 16.4. The average Bonchev–Trinajstić information content (AvgIpc) is 1.96. The molecule has 0 aromatic rings. The van der Waals surface area contributed by atoms with Crippen LogP contribution in [0.4, 0.5) is 0 Å². The van der Waals surface area contributed by atoms with Crippen molar-refractivity contribution < 1.29 is 19.8 Å². The van der Waals surface area contributed by atoms with Crippen molar-refractivity contribution in [3.8, 4) is 0 Å². The smallest absolute Gasteiger partial charge is 0.326 e. The van der Waals surface area contributed by atoms with E-state index in [4.69, 9.17) is 10.2 Å². The highest BCUT2D eigenvalue weighted by molar-refractivity contribution is 5.76. The Morgan fingerprint density at radius 2 is 2.17 bits per heavy atom. The summed E-state index contributed by atoms with van der Waals surface area (Å²) in [6.45, 7) is 1.57. The molecule has 0 aromatic carbocycles. The van der Waals surface area contributed by atoms with Gasteiger partial charge in [-0.25, -0.2) is 4.79 Å². The van der Waals surface area contributed by atoms with Crippen LogP contribution in [0, 0.1) is 0 Å². The van der Waals surface area contributed by atoms with Crippen molar-refractivity contribution in [1.29, 1.82) is 0 Å². The van der Waals surface area contributed by atoms with Gasteiger partial charge in [-0.3, -0.25) is 4.79 Å². The molecule has 0 bridgehead atoms. The lowest BCUT2D eigenvalue weighted by Crippen LogP contribution is -2.36. The zero-order chi connectivity index (χ0) is 9.56. The highest BCUT2D eigenvalue weighted by Gasteiger charge is 2.16. The van der Waals surface area contributed by atoms with Crippen molar-refractivity contribution in [3.63, 3.8) is 0 Å². The maximum absolute atomic E-state index is 10.4. The first-order valence-corrected chi connectivity index (χ1v) is 3.68. The van der Waals surface area contributed by atoms with E-state index >= 15 is 0 Å². The summed E-state index contributed by atoms with van der Waals surface area (Å²) in [5.74, 6) is -1.08. The molecule has 1 amide bonds. The van der Waals surface area contributed by atoms with E-state index in [9.17, 15) is 9.59 Å². The Morgan fingerprint density at radius 3 is 2.50 bits per heavy atom. The predicted octanol–water partition coefficient (Wildman–Crippen LogP) is -0.653. The Kier molecular flexibility index (Phi) is 5.03. The normalized spacial score (nSPS) is 14.8. The minimum atomic E-state index is -1.08. The lowest BCUT2D eigenvalue weighted by molar-refractivity contribution is -0.140. The second kappa shape index (κ2) is 5.54. The molecule has 12 heavy (non-hydrogen) atoms. The number of carbonyl (C=O) groups excluding carboxylic acids is 1. The first-order chi connectivity index (χ1) is 5.57. The lowest BCUT2D eigenvalue weighted by atomic mass is 10.1. The summed E-state index contributed by atoms with van der Waals surface area (Å²) < 4.78 is 0. The molecule has 0 radical (unpaired) electrons. The standard InChI is InChI=1S/C7H13NO4/c1-5(10)2-3-6(7(11)12)8-4-9/h4-6,10H,2-3H2,1H3,(H,8,9)(H,11,12). The second-order valence-electron chi connectivity index (χ2n) is 2.60. The van der Waals surface area contributed by atoms with E-state index < -0.39 is 18.1 Å². The number of hydrogen-bond acceptors (Lipinski definition) is 3. The van der Waals surface area contributed by atoms with Crippen LogP contribution in [0.2, 0.25) is 0 Å². The second-order valence-corrected chi connectivity index (χ2v) is 2.60. The molecule has 2 unspecified atom stereocenters. The zero-order valence-electron chi connectivity index (χ0n) is 6.86. The fraction of sp³-hybridized carbons (Fsp3) is 0.714. The molecule has 0 aliphatic heterocycles. The van der Waals surface area contributed by atoms with Crippen molar-refractivity contribution in [3.05, 3.63) is 0 Å². The lowest BCUT2D eigenvalue weighted by Gasteiger charge is -2.11. The van der Waals surface area contributed by atoms with E-state index in [0.717, 1.165) is 0 Å². The van der Waals surface area contributed by atoms with Crippen LogP contribution in [0.15, 0.2) is 0 Å². The first kappa shape index (κ1) is 10.9. The van der Waals surface area contributed by atoms with Gasteiger partial charge in [0.25, 0.3) is 0 Å². The molecule has 0 rings (SSSR count). The number of aliphatic hydroxyl groups excluding tert-OH is 1. The number of carbonyl (C=O) groups is 2. The van der Waals surface area contributed by atoms with E-state index in [1.807, 2.05) is 0 Å². The molecule has 2 atom stereocenters. The molecule has 0 saturated carbocycles. The van der Waals surface area contributed by atoms with E-state index in [-0.39, 0.29) is 6.42 Å². The van der Waals surface area contributed by atoms with Crippen LogP contribution in [-0.4, -0.2) is 34.7 Å². The fourth-order valence-electron chi connectivity index (χ4n) is 0.768. The monoisotopic (exact) mass is 175 g/mol. The molecule has 3 N–H and O–H groups in total. The predicted molar refractivity (Wildman–Crippen MR) is 41.5 cm³/mol. The van der Waals surface area contributed by atoms with E-state index in [2.05, 4.69) is 5.32 Å². The molecule has 0 aliphatic carbocycles. The molecule has 70 valence electrons. The summed E-state index contributed by atoms with van der Waals surface area (Å²) in [6.07, 6.45) is 0.407. The van der Waals surface area contributed by atoms with Gasteiger partial charge >= 0.3 is 5.97 Å².